The van der Waals surface area contributed by atoms with Crippen LogP contribution in [0.15, 0.2) is 71.8 Å². The zero-order valence-corrected chi connectivity index (χ0v) is 15.5. The Hall–Kier alpha value is -3.14. The van der Waals surface area contributed by atoms with Crippen molar-refractivity contribution < 1.29 is 9.90 Å². The number of nitrogens with zero attached hydrogens (tertiary/aromatic N) is 1. The van der Waals surface area contributed by atoms with Crippen molar-refractivity contribution in [3.8, 4) is 5.75 Å². The van der Waals surface area contributed by atoms with E-state index in [0.717, 1.165) is 47.7 Å². The summed E-state index contributed by atoms with van der Waals surface area (Å²) in [6.45, 7) is 2.16. The second-order valence-corrected chi connectivity index (χ2v) is 6.54. The summed E-state index contributed by atoms with van der Waals surface area (Å²) < 4.78 is 0. The van der Waals surface area contributed by atoms with Crippen LogP contribution in [0.1, 0.15) is 48.5 Å². The molecule has 0 fully saturated rings. The number of aromatic hydroxyl groups is 1. The first-order chi connectivity index (χ1) is 13.2. The van der Waals surface area contributed by atoms with Gasteiger partial charge in [-0.3, -0.25) is 4.79 Å². The molecule has 0 aromatic heterocycles. The van der Waals surface area contributed by atoms with Gasteiger partial charge in [0.25, 0.3) is 5.91 Å². The van der Waals surface area contributed by atoms with Crippen LogP contribution in [0.5, 0.6) is 5.75 Å². The Bertz CT molecular complexity index is 949. The standard InChI is InChI=1S/C23H24N2O2/c1-2-3-5-14-21(17-10-6-4-7-11-17)24-25-23(27)20-15-18-12-8-9-13-19(18)16-22(20)26/h4,6-13,15-16,26H,2-3,5,14H2,1H3,(H,25,27)/b24-21+. The van der Waals surface area contributed by atoms with Crippen molar-refractivity contribution in [3.63, 3.8) is 0 Å². The van der Waals surface area contributed by atoms with E-state index in [2.05, 4.69) is 17.5 Å². The Morgan fingerprint density at radius 3 is 2.33 bits per heavy atom. The molecule has 0 saturated heterocycles. The van der Waals surface area contributed by atoms with Gasteiger partial charge in [-0.15, -0.1) is 0 Å². The van der Waals surface area contributed by atoms with Gasteiger partial charge in [-0.25, -0.2) is 5.43 Å². The smallest absolute Gasteiger partial charge is 0.275 e. The van der Waals surface area contributed by atoms with Gasteiger partial charge in [0.2, 0.25) is 0 Å². The molecule has 0 aliphatic heterocycles. The van der Waals surface area contributed by atoms with Gasteiger partial charge in [-0.1, -0.05) is 74.4 Å². The largest absolute Gasteiger partial charge is 0.507 e. The molecule has 0 aliphatic carbocycles. The van der Waals surface area contributed by atoms with Crippen LogP contribution >= 0.6 is 0 Å². The van der Waals surface area contributed by atoms with E-state index in [4.69, 9.17) is 0 Å². The second kappa shape index (κ2) is 8.99. The number of hydrogen-bond donors (Lipinski definition) is 2. The number of hydrogen-bond acceptors (Lipinski definition) is 3. The lowest BCUT2D eigenvalue weighted by Crippen LogP contribution is -2.20. The number of hydrazone groups is 1. The minimum atomic E-state index is -0.415. The van der Waals surface area contributed by atoms with Crippen LogP contribution in [0.25, 0.3) is 10.8 Å². The number of nitrogens with one attached hydrogen (secondary N) is 1. The first kappa shape index (κ1) is 18.6. The molecular formula is C23H24N2O2. The zero-order valence-electron chi connectivity index (χ0n) is 15.5. The van der Waals surface area contributed by atoms with Gasteiger partial charge in [-0.05, 0) is 41.3 Å². The first-order valence-electron chi connectivity index (χ1n) is 9.33. The summed E-state index contributed by atoms with van der Waals surface area (Å²) in [5.41, 5.74) is 4.68. The summed E-state index contributed by atoms with van der Waals surface area (Å²) in [5.74, 6) is -0.462. The zero-order chi connectivity index (χ0) is 19.1. The van der Waals surface area contributed by atoms with Gasteiger partial charge in [0, 0.05) is 0 Å². The van der Waals surface area contributed by atoms with Crippen LogP contribution in [-0.2, 0) is 0 Å². The summed E-state index contributed by atoms with van der Waals surface area (Å²) in [5, 5.41) is 16.4. The summed E-state index contributed by atoms with van der Waals surface area (Å²) in [4.78, 5) is 12.6. The number of fused-ring (bicyclic) bond motifs is 1. The highest BCUT2D eigenvalue weighted by Gasteiger charge is 2.13. The van der Waals surface area contributed by atoms with Crippen LogP contribution in [0.3, 0.4) is 0 Å². The topological polar surface area (TPSA) is 61.7 Å². The van der Waals surface area contributed by atoms with E-state index in [-0.39, 0.29) is 11.3 Å². The highest BCUT2D eigenvalue weighted by atomic mass is 16.3. The molecule has 2 N–H and O–H groups in total. The molecule has 0 aliphatic rings. The van der Waals surface area contributed by atoms with Crippen molar-refractivity contribution in [2.75, 3.05) is 0 Å². The number of amides is 1. The Balaban J connectivity index is 1.83. The number of rotatable bonds is 7. The number of carbonyl (C=O) groups is 1. The van der Waals surface area contributed by atoms with Crippen molar-refractivity contribution in [3.05, 3.63) is 77.9 Å². The monoisotopic (exact) mass is 360 g/mol. The lowest BCUT2D eigenvalue weighted by atomic mass is 10.0. The Morgan fingerprint density at radius 1 is 0.963 bits per heavy atom. The van der Waals surface area contributed by atoms with E-state index in [1.807, 2.05) is 54.6 Å². The molecule has 0 bridgehead atoms. The normalized spacial score (nSPS) is 11.5. The lowest BCUT2D eigenvalue weighted by molar-refractivity contribution is 0.0952. The van der Waals surface area contributed by atoms with Gasteiger partial charge >= 0.3 is 0 Å². The van der Waals surface area contributed by atoms with E-state index < -0.39 is 5.91 Å². The van der Waals surface area contributed by atoms with Crippen LogP contribution in [-0.4, -0.2) is 16.7 Å². The summed E-state index contributed by atoms with van der Waals surface area (Å²) in [6.07, 6.45) is 4.05. The maximum atomic E-state index is 12.6. The Kier molecular flexibility index (Phi) is 6.21. The van der Waals surface area contributed by atoms with Gasteiger partial charge in [0.05, 0.1) is 11.3 Å². The van der Waals surface area contributed by atoms with E-state index >= 15 is 0 Å². The quantitative estimate of drug-likeness (QED) is 0.343. The third-order valence-electron chi connectivity index (χ3n) is 4.53. The predicted octanol–water partition coefficient (Wildman–Crippen LogP) is 5.26. The van der Waals surface area contributed by atoms with E-state index in [0.29, 0.717) is 0 Å². The first-order valence-corrected chi connectivity index (χ1v) is 9.33. The van der Waals surface area contributed by atoms with Crippen molar-refractivity contribution in [1.82, 2.24) is 5.43 Å². The minimum absolute atomic E-state index is 0.0476. The molecule has 3 rings (SSSR count). The van der Waals surface area contributed by atoms with E-state index in [1.165, 1.54) is 0 Å². The van der Waals surface area contributed by atoms with Gasteiger partial charge < -0.3 is 5.11 Å². The summed E-state index contributed by atoms with van der Waals surface area (Å²) in [6, 6.07) is 20.8. The molecule has 0 spiro atoms. The molecule has 4 nitrogen and oxygen atoms in total. The molecule has 0 unspecified atom stereocenters. The molecule has 0 radical (unpaired) electrons. The molecule has 138 valence electrons. The molecule has 0 atom stereocenters. The highest BCUT2D eigenvalue weighted by Crippen LogP contribution is 2.24. The molecule has 0 saturated carbocycles. The van der Waals surface area contributed by atoms with Crippen LogP contribution < -0.4 is 5.43 Å². The van der Waals surface area contributed by atoms with Crippen LogP contribution in [0.4, 0.5) is 0 Å². The Morgan fingerprint density at radius 2 is 1.63 bits per heavy atom. The van der Waals surface area contributed by atoms with Crippen molar-refractivity contribution in [2.45, 2.75) is 32.6 Å². The molecule has 27 heavy (non-hydrogen) atoms. The number of unbranched alkanes of at least 4 members (excludes halogenated alkanes) is 2. The molecule has 4 heteroatoms. The fourth-order valence-electron chi connectivity index (χ4n) is 3.03. The van der Waals surface area contributed by atoms with Crippen molar-refractivity contribution in [1.29, 1.82) is 0 Å². The third-order valence-corrected chi connectivity index (χ3v) is 4.53. The molecule has 3 aromatic carbocycles. The molecule has 0 heterocycles. The molecule has 3 aromatic rings. The maximum absolute atomic E-state index is 12.6. The summed E-state index contributed by atoms with van der Waals surface area (Å²) in [7, 11) is 0. The number of benzene rings is 3. The SMILES string of the molecule is CCCCC/C(=N\NC(=O)c1cc2ccccc2cc1O)c1ccccc1. The van der Waals surface area contributed by atoms with Crippen LogP contribution in [0.2, 0.25) is 0 Å². The van der Waals surface area contributed by atoms with Gasteiger partial charge in [-0.2, -0.15) is 5.10 Å². The fraction of sp³-hybridized carbons (Fsp3) is 0.217. The average molecular weight is 360 g/mol. The van der Waals surface area contributed by atoms with Gasteiger partial charge in [0.15, 0.2) is 0 Å². The van der Waals surface area contributed by atoms with E-state index in [9.17, 15) is 9.90 Å². The maximum Gasteiger partial charge on any atom is 0.275 e. The van der Waals surface area contributed by atoms with E-state index in [1.54, 1.807) is 12.1 Å². The minimum Gasteiger partial charge on any atom is -0.507 e. The number of phenolic OH excluding ortho intramolecular Hbond substituents is 1. The fourth-order valence-corrected chi connectivity index (χ4v) is 3.03. The predicted molar refractivity (Wildman–Crippen MR) is 110 cm³/mol. The lowest BCUT2D eigenvalue weighted by Gasteiger charge is -2.09. The average Bonchev–Trinajstić information content (AvgIpc) is 2.70. The number of carbonyl (C=O) groups excluding carboxylic acids is 1. The van der Waals surface area contributed by atoms with Gasteiger partial charge in [0.1, 0.15) is 5.75 Å². The van der Waals surface area contributed by atoms with Crippen molar-refractivity contribution in [2.24, 2.45) is 5.10 Å². The summed E-state index contributed by atoms with van der Waals surface area (Å²) >= 11 is 0. The number of phenols is 1. The van der Waals surface area contributed by atoms with Crippen LogP contribution in [0, 0.1) is 0 Å². The highest BCUT2D eigenvalue weighted by molar-refractivity contribution is 6.04. The second-order valence-electron chi connectivity index (χ2n) is 6.54. The third kappa shape index (κ3) is 4.73. The van der Waals surface area contributed by atoms with Crippen molar-refractivity contribution >= 4 is 22.4 Å². The molecule has 1 amide bonds. The molecular weight excluding hydrogens is 336 g/mol. The Labute approximate surface area is 159 Å².